The summed E-state index contributed by atoms with van der Waals surface area (Å²) in [6, 6.07) is 14.6. The maximum atomic E-state index is 13.9. The lowest BCUT2D eigenvalue weighted by atomic mass is 9.94. The summed E-state index contributed by atoms with van der Waals surface area (Å²) in [4.78, 5) is 16.9. The van der Waals surface area contributed by atoms with E-state index in [9.17, 15) is 18.0 Å². The van der Waals surface area contributed by atoms with Crippen LogP contribution in [0.3, 0.4) is 0 Å². The molecule has 0 radical (unpaired) electrons. The fourth-order valence-corrected chi connectivity index (χ4v) is 5.99. The molecule has 1 saturated carbocycles. The Morgan fingerprint density at radius 3 is 2.24 bits per heavy atom. The normalized spacial score (nSPS) is 19.2. The number of hydrogen-bond acceptors (Lipinski definition) is 3. The number of likely N-dealkylation sites (tertiary alicyclic amines) is 1. The van der Waals surface area contributed by atoms with Gasteiger partial charge >= 0.3 is 6.18 Å². The van der Waals surface area contributed by atoms with E-state index in [1.165, 1.54) is 51.4 Å². The molecule has 1 amide bonds. The summed E-state index contributed by atoms with van der Waals surface area (Å²) in [5.74, 6) is 0.0871. The van der Waals surface area contributed by atoms with E-state index in [4.69, 9.17) is 4.74 Å². The quantitative estimate of drug-likeness (QED) is 0.548. The first-order valence-electron chi connectivity index (χ1n) is 12.9. The van der Waals surface area contributed by atoms with Gasteiger partial charge in [-0.2, -0.15) is 18.3 Å². The second kappa shape index (κ2) is 8.90. The van der Waals surface area contributed by atoms with Gasteiger partial charge in [0.05, 0.1) is 32.4 Å². The van der Waals surface area contributed by atoms with Crippen LogP contribution in [-0.4, -0.2) is 49.0 Å². The molecule has 6 rings (SSSR count). The first kappa shape index (κ1) is 24.0. The molecule has 1 aromatic heterocycles. The number of carbonyl (C=O) groups is 1. The first-order chi connectivity index (χ1) is 17.8. The van der Waals surface area contributed by atoms with Crippen LogP contribution in [-0.2, 0) is 18.0 Å². The summed E-state index contributed by atoms with van der Waals surface area (Å²) in [6.07, 6.45) is 0.392. The fraction of sp³-hybridized carbons (Fsp3) is 0.429. The van der Waals surface area contributed by atoms with E-state index >= 15 is 0 Å². The van der Waals surface area contributed by atoms with Crippen LogP contribution in [0.2, 0.25) is 0 Å². The molecule has 3 aromatic rings. The number of nitrogens with zero attached hydrogens (tertiary/aromatic N) is 3. The smallest absolute Gasteiger partial charge is 0.435 e. The van der Waals surface area contributed by atoms with Crippen LogP contribution in [0.1, 0.15) is 53.0 Å². The first-order valence-corrected chi connectivity index (χ1v) is 12.9. The third kappa shape index (κ3) is 4.29. The average Bonchev–Trinajstić information content (AvgIpc) is 3.29. The van der Waals surface area contributed by atoms with E-state index in [0.29, 0.717) is 17.1 Å². The molecule has 0 bridgehead atoms. The largest absolute Gasteiger partial charge is 0.497 e. The second-order valence-electron chi connectivity index (χ2n) is 10.5. The highest BCUT2D eigenvalue weighted by molar-refractivity contribution is 6.07. The number of aromatic nitrogens is 2. The van der Waals surface area contributed by atoms with Crippen molar-refractivity contribution in [3.05, 3.63) is 71.0 Å². The fourth-order valence-electron chi connectivity index (χ4n) is 5.99. The Morgan fingerprint density at radius 1 is 1.00 bits per heavy atom. The molecule has 2 fully saturated rings. The summed E-state index contributed by atoms with van der Waals surface area (Å²) in [7, 11) is 1.51. The Hall–Kier alpha value is -3.33. The molecule has 2 aromatic carbocycles. The van der Waals surface area contributed by atoms with Crippen LogP contribution in [0.5, 0.6) is 5.75 Å². The number of carbonyl (C=O) groups excluding carboxylic acids is 1. The Kier molecular flexibility index (Phi) is 5.78. The predicted molar refractivity (Wildman–Crippen MR) is 133 cm³/mol. The van der Waals surface area contributed by atoms with Gasteiger partial charge in [-0.15, -0.1) is 0 Å². The molecule has 0 spiro atoms. The standard InChI is InChI=1S/C28H29F3N4O2/c1-37-22-10-8-21(9-11-22)35-24-23(25(32-35)28(29,30)31)12-17-34(26(24)36)20-6-4-19(5-7-20)27(13-14-27)18-33-15-2-3-16-33/h4-11H,2-3,12-18H2,1H3/p+1. The number of methoxy groups -OCH3 is 1. The van der Waals surface area contributed by atoms with Gasteiger partial charge in [-0.25, -0.2) is 4.68 Å². The number of alkyl halides is 3. The number of hydrogen-bond donors (Lipinski definition) is 1. The van der Waals surface area contributed by atoms with Crippen molar-refractivity contribution in [2.75, 3.05) is 38.2 Å². The van der Waals surface area contributed by atoms with Gasteiger partial charge in [0.1, 0.15) is 11.4 Å². The highest BCUT2D eigenvalue weighted by atomic mass is 19.4. The molecule has 2 aliphatic heterocycles. The van der Waals surface area contributed by atoms with Gasteiger partial charge in [-0.05, 0) is 61.2 Å². The van der Waals surface area contributed by atoms with Crippen LogP contribution in [0.4, 0.5) is 18.9 Å². The maximum absolute atomic E-state index is 13.9. The molecule has 3 heterocycles. The summed E-state index contributed by atoms with van der Waals surface area (Å²) >= 11 is 0. The summed E-state index contributed by atoms with van der Waals surface area (Å²) in [5, 5.41) is 3.87. The van der Waals surface area contributed by atoms with Gasteiger partial charge in [0.25, 0.3) is 5.91 Å². The van der Waals surface area contributed by atoms with E-state index in [0.717, 1.165) is 11.2 Å². The summed E-state index contributed by atoms with van der Waals surface area (Å²) < 4.78 is 47.9. The number of rotatable bonds is 6. The number of fused-ring (bicyclic) bond motifs is 1. The number of nitrogens with one attached hydrogen (secondary N) is 1. The Morgan fingerprint density at radius 2 is 1.65 bits per heavy atom. The molecule has 0 atom stereocenters. The molecule has 3 aliphatic rings. The lowest BCUT2D eigenvalue weighted by Crippen LogP contribution is -3.11. The molecule has 0 unspecified atom stereocenters. The molecule has 1 N–H and O–H groups in total. The van der Waals surface area contributed by atoms with Crippen molar-refractivity contribution in [3.8, 4) is 11.4 Å². The van der Waals surface area contributed by atoms with Gasteiger partial charge in [0, 0.05) is 36.1 Å². The lowest BCUT2D eigenvalue weighted by molar-refractivity contribution is -0.890. The minimum absolute atomic E-state index is 0.0379. The van der Waals surface area contributed by atoms with E-state index in [2.05, 4.69) is 17.2 Å². The number of ether oxygens (including phenoxy) is 1. The Balaban J connectivity index is 1.31. The van der Waals surface area contributed by atoms with Crippen molar-refractivity contribution in [2.45, 2.75) is 43.7 Å². The van der Waals surface area contributed by atoms with Crippen LogP contribution < -0.4 is 14.5 Å². The van der Waals surface area contributed by atoms with Gasteiger partial charge in [0.2, 0.25) is 0 Å². The number of halogens is 3. The topological polar surface area (TPSA) is 51.8 Å². The SMILES string of the molecule is COc1ccc(-n2nc(C(F)(F)F)c3c2C(=O)N(c2ccc(C4(C[NH+]5CCCC5)CC4)cc2)CC3)cc1. The van der Waals surface area contributed by atoms with E-state index in [1.54, 1.807) is 34.1 Å². The monoisotopic (exact) mass is 511 g/mol. The van der Waals surface area contributed by atoms with Gasteiger partial charge in [-0.1, -0.05) is 12.1 Å². The van der Waals surface area contributed by atoms with Crippen LogP contribution >= 0.6 is 0 Å². The molecule has 6 nitrogen and oxygen atoms in total. The van der Waals surface area contributed by atoms with Crippen LogP contribution in [0.25, 0.3) is 5.69 Å². The van der Waals surface area contributed by atoms with Crippen molar-refractivity contribution in [3.63, 3.8) is 0 Å². The third-order valence-electron chi connectivity index (χ3n) is 8.15. The summed E-state index contributed by atoms with van der Waals surface area (Å²) in [5.41, 5.74) is 1.50. The zero-order valence-corrected chi connectivity index (χ0v) is 20.8. The van der Waals surface area contributed by atoms with E-state index in [-0.39, 0.29) is 29.6 Å². The number of anilines is 1. The molecular weight excluding hydrogens is 481 g/mol. The average molecular weight is 512 g/mol. The van der Waals surface area contributed by atoms with Crippen LogP contribution in [0, 0.1) is 0 Å². The van der Waals surface area contributed by atoms with Crippen molar-refractivity contribution >= 4 is 11.6 Å². The molecule has 194 valence electrons. The molecule has 1 aliphatic carbocycles. The van der Waals surface area contributed by atoms with Crippen molar-refractivity contribution in [1.82, 2.24) is 9.78 Å². The second-order valence-corrected chi connectivity index (χ2v) is 10.5. The minimum atomic E-state index is -4.65. The molecular formula is C28H30F3N4O2+. The molecule has 9 heteroatoms. The number of benzene rings is 2. The molecule has 37 heavy (non-hydrogen) atoms. The van der Waals surface area contributed by atoms with Gasteiger partial charge in [-0.3, -0.25) is 4.79 Å². The Labute approximate surface area is 213 Å². The van der Waals surface area contributed by atoms with Gasteiger partial charge in [0.15, 0.2) is 5.69 Å². The lowest BCUT2D eigenvalue weighted by Gasteiger charge is -2.28. The Bertz CT molecular complexity index is 1300. The number of amides is 1. The minimum Gasteiger partial charge on any atom is -0.497 e. The third-order valence-corrected chi connectivity index (χ3v) is 8.15. The van der Waals surface area contributed by atoms with Crippen molar-refractivity contribution in [2.24, 2.45) is 0 Å². The van der Waals surface area contributed by atoms with Crippen molar-refractivity contribution in [1.29, 1.82) is 0 Å². The van der Waals surface area contributed by atoms with E-state index in [1.807, 2.05) is 12.1 Å². The van der Waals surface area contributed by atoms with Gasteiger partial charge < -0.3 is 14.5 Å². The van der Waals surface area contributed by atoms with Crippen LogP contribution in [0.15, 0.2) is 48.5 Å². The zero-order chi connectivity index (χ0) is 25.8. The maximum Gasteiger partial charge on any atom is 0.435 e. The van der Waals surface area contributed by atoms with Crippen molar-refractivity contribution < 1.29 is 27.6 Å². The predicted octanol–water partition coefficient (Wildman–Crippen LogP) is 3.81. The molecule has 1 saturated heterocycles. The zero-order valence-electron chi connectivity index (χ0n) is 20.8. The summed E-state index contributed by atoms with van der Waals surface area (Å²) in [6.45, 7) is 3.81. The highest BCUT2D eigenvalue weighted by Gasteiger charge is 2.48. The highest BCUT2D eigenvalue weighted by Crippen LogP contribution is 2.47. The van der Waals surface area contributed by atoms with E-state index < -0.39 is 17.8 Å². The number of quaternary nitrogens is 1.